The number of aromatic nitrogens is 2. The van der Waals surface area contributed by atoms with E-state index in [0.29, 0.717) is 23.1 Å². The molecule has 0 bridgehead atoms. The van der Waals surface area contributed by atoms with E-state index in [1.54, 1.807) is 12.3 Å². The summed E-state index contributed by atoms with van der Waals surface area (Å²) in [6.07, 6.45) is 3.24. The lowest BCUT2D eigenvalue weighted by Gasteiger charge is -1.99. The van der Waals surface area contributed by atoms with Crippen molar-refractivity contribution >= 4 is 17.9 Å². The molecule has 2 aromatic heterocycles. The molecule has 0 radical (unpaired) electrons. The number of carbonyl (C=O) groups is 1. The molecule has 0 saturated heterocycles. The van der Waals surface area contributed by atoms with Crippen LogP contribution < -0.4 is 0 Å². The number of pyridine rings is 1. The number of nitrogens with zero attached hydrogens (tertiary/aromatic N) is 1. The van der Waals surface area contributed by atoms with Crippen LogP contribution in [-0.2, 0) is 0 Å². The predicted molar refractivity (Wildman–Crippen MR) is 54.4 cm³/mol. The van der Waals surface area contributed by atoms with E-state index in [-0.39, 0.29) is 5.15 Å². The number of carbonyl (C=O) groups excluding carboxylic acids is 1. The van der Waals surface area contributed by atoms with Crippen molar-refractivity contribution in [3.8, 4) is 11.1 Å². The van der Waals surface area contributed by atoms with Gasteiger partial charge in [0.25, 0.3) is 0 Å². The van der Waals surface area contributed by atoms with Crippen molar-refractivity contribution in [2.75, 3.05) is 0 Å². The number of halogens is 2. The highest BCUT2D eigenvalue weighted by atomic mass is 35.5. The summed E-state index contributed by atoms with van der Waals surface area (Å²) in [4.78, 5) is 16.7. The van der Waals surface area contributed by atoms with E-state index in [2.05, 4.69) is 9.97 Å². The summed E-state index contributed by atoms with van der Waals surface area (Å²) in [7, 11) is 0. The molecule has 76 valence electrons. The van der Waals surface area contributed by atoms with Gasteiger partial charge in [0, 0.05) is 17.3 Å². The molecule has 3 nitrogen and oxygen atoms in total. The zero-order chi connectivity index (χ0) is 10.8. The van der Waals surface area contributed by atoms with Gasteiger partial charge >= 0.3 is 0 Å². The summed E-state index contributed by atoms with van der Waals surface area (Å²) in [6.45, 7) is 0. The van der Waals surface area contributed by atoms with E-state index in [9.17, 15) is 9.18 Å². The second kappa shape index (κ2) is 3.82. The van der Waals surface area contributed by atoms with Gasteiger partial charge in [-0.3, -0.25) is 4.79 Å². The molecule has 5 heteroatoms. The van der Waals surface area contributed by atoms with Crippen LogP contribution in [0.15, 0.2) is 24.5 Å². The Hall–Kier alpha value is -1.68. The number of aldehydes is 1. The highest BCUT2D eigenvalue weighted by Crippen LogP contribution is 2.24. The molecule has 0 amide bonds. The van der Waals surface area contributed by atoms with Crippen molar-refractivity contribution in [2.45, 2.75) is 0 Å². The monoisotopic (exact) mass is 224 g/mol. The number of aromatic amines is 1. The molecule has 0 atom stereocenters. The number of hydrogen-bond donors (Lipinski definition) is 1. The van der Waals surface area contributed by atoms with Crippen LogP contribution in [0.5, 0.6) is 0 Å². The molecule has 0 unspecified atom stereocenters. The van der Waals surface area contributed by atoms with Crippen LogP contribution in [-0.4, -0.2) is 16.3 Å². The van der Waals surface area contributed by atoms with Gasteiger partial charge < -0.3 is 4.98 Å². The lowest BCUT2D eigenvalue weighted by molar-refractivity contribution is 0.111. The van der Waals surface area contributed by atoms with E-state index in [0.717, 1.165) is 6.20 Å². The lowest BCUT2D eigenvalue weighted by atomic mass is 10.1. The molecular formula is C10H6ClFN2O. The van der Waals surface area contributed by atoms with Gasteiger partial charge in [0.1, 0.15) is 11.0 Å². The normalized spacial score (nSPS) is 10.3. The molecule has 0 fully saturated rings. The smallest absolute Gasteiger partial charge is 0.166 e. The molecule has 2 rings (SSSR count). The van der Waals surface area contributed by atoms with Crippen LogP contribution in [0.1, 0.15) is 10.5 Å². The summed E-state index contributed by atoms with van der Waals surface area (Å²) in [5, 5.41) is 0.209. The third-order valence-electron chi connectivity index (χ3n) is 1.97. The molecule has 0 aliphatic heterocycles. The summed E-state index contributed by atoms with van der Waals surface area (Å²) >= 11 is 5.65. The summed E-state index contributed by atoms with van der Waals surface area (Å²) in [5.74, 6) is -0.476. The molecule has 0 spiro atoms. The zero-order valence-corrected chi connectivity index (χ0v) is 8.25. The highest BCUT2D eigenvalue weighted by Gasteiger charge is 2.08. The van der Waals surface area contributed by atoms with Crippen molar-refractivity contribution in [1.82, 2.24) is 9.97 Å². The average molecular weight is 225 g/mol. The summed E-state index contributed by atoms with van der Waals surface area (Å²) < 4.78 is 13.3. The highest BCUT2D eigenvalue weighted by molar-refractivity contribution is 6.29. The predicted octanol–water partition coefficient (Wildman–Crippen LogP) is 2.68. The van der Waals surface area contributed by atoms with Crippen molar-refractivity contribution in [3.05, 3.63) is 41.2 Å². The van der Waals surface area contributed by atoms with Crippen molar-refractivity contribution in [1.29, 1.82) is 0 Å². The average Bonchev–Trinajstić information content (AvgIpc) is 2.70. The Labute approximate surface area is 89.9 Å². The van der Waals surface area contributed by atoms with Crippen molar-refractivity contribution < 1.29 is 9.18 Å². The molecular weight excluding hydrogens is 219 g/mol. The van der Waals surface area contributed by atoms with Gasteiger partial charge in [0.2, 0.25) is 0 Å². The maximum absolute atomic E-state index is 13.3. The summed E-state index contributed by atoms with van der Waals surface area (Å²) in [5.41, 5.74) is 1.27. The van der Waals surface area contributed by atoms with Crippen molar-refractivity contribution in [2.24, 2.45) is 0 Å². The fourth-order valence-corrected chi connectivity index (χ4v) is 1.43. The second-order valence-electron chi connectivity index (χ2n) is 2.95. The summed E-state index contributed by atoms with van der Waals surface area (Å²) in [6, 6.07) is 2.95. The number of hydrogen-bond acceptors (Lipinski definition) is 2. The van der Waals surface area contributed by atoms with Gasteiger partial charge in [0.15, 0.2) is 6.29 Å². The van der Waals surface area contributed by atoms with E-state index in [4.69, 9.17) is 11.6 Å². The Morgan fingerprint density at radius 3 is 2.93 bits per heavy atom. The Bertz CT molecular complexity index is 510. The Kier molecular flexibility index (Phi) is 2.51. The molecule has 0 saturated carbocycles. The number of nitrogens with one attached hydrogen (secondary N) is 1. The second-order valence-corrected chi connectivity index (χ2v) is 3.34. The van der Waals surface area contributed by atoms with Crippen LogP contribution in [0.25, 0.3) is 11.1 Å². The van der Waals surface area contributed by atoms with Gasteiger partial charge in [-0.2, -0.15) is 0 Å². The lowest BCUT2D eigenvalue weighted by Crippen LogP contribution is -1.85. The molecule has 0 aliphatic rings. The molecule has 15 heavy (non-hydrogen) atoms. The fourth-order valence-electron chi connectivity index (χ4n) is 1.27. The van der Waals surface area contributed by atoms with Crippen LogP contribution in [0.4, 0.5) is 4.39 Å². The molecule has 0 aromatic carbocycles. The standard InChI is InChI=1S/C10H6ClFN2O/c11-10-2-8(9(12)4-14-10)6-1-7(5-15)13-3-6/h1-5,13H. The largest absolute Gasteiger partial charge is 0.358 e. The molecule has 2 aromatic rings. The van der Waals surface area contributed by atoms with E-state index < -0.39 is 5.82 Å². The minimum atomic E-state index is -0.476. The van der Waals surface area contributed by atoms with Gasteiger partial charge in [-0.15, -0.1) is 0 Å². The Morgan fingerprint density at radius 1 is 1.47 bits per heavy atom. The maximum Gasteiger partial charge on any atom is 0.166 e. The number of rotatable bonds is 2. The first-order valence-electron chi connectivity index (χ1n) is 4.15. The van der Waals surface area contributed by atoms with Gasteiger partial charge in [-0.25, -0.2) is 9.37 Å². The van der Waals surface area contributed by atoms with Crippen molar-refractivity contribution in [3.63, 3.8) is 0 Å². The fraction of sp³-hybridized carbons (Fsp3) is 0. The van der Waals surface area contributed by atoms with Crippen LogP contribution in [0.2, 0.25) is 5.15 Å². The SMILES string of the molecule is O=Cc1cc(-c2cc(Cl)ncc2F)c[nH]1. The first kappa shape index (κ1) is 9.86. The molecule has 1 N–H and O–H groups in total. The topological polar surface area (TPSA) is 45.8 Å². The van der Waals surface area contributed by atoms with Gasteiger partial charge in [0.05, 0.1) is 11.9 Å². The van der Waals surface area contributed by atoms with E-state index >= 15 is 0 Å². The van der Waals surface area contributed by atoms with Crippen LogP contribution in [0.3, 0.4) is 0 Å². The maximum atomic E-state index is 13.3. The van der Waals surface area contributed by atoms with Gasteiger partial charge in [-0.1, -0.05) is 11.6 Å². The van der Waals surface area contributed by atoms with Crippen LogP contribution >= 0.6 is 11.6 Å². The van der Waals surface area contributed by atoms with E-state index in [1.807, 2.05) is 0 Å². The van der Waals surface area contributed by atoms with E-state index in [1.165, 1.54) is 6.07 Å². The first-order valence-corrected chi connectivity index (χ1v) is 4.53. The minimum Gasteiger partial charge on any atom is -0.358 e. The minimum absolute atomic E-state index is 0.209. The third-order valence-corrected chi connectivity index (χ3v) is 2.17. The molecule has 2 heterocycles. The van der Waals surface area contributed by atoms with Gasteiger partial charge in [-0.05, 0) is 12.1 Å². The first-order chi connectivity index (χ1) is 7.20. The Morgan fingerprint density at radius 2 is 2.27 bits per heavy atom. The Balaban J connectivity index is 2.52. The number of H-pyrrole nitrogens is 1. The van der Waals surface area contributed by atoms with Crippen LogP contribution in [0, 0.1) is 5.82 Å². The zero-order valence-electron chi connectivity index (χ0n) is 7.50. The molecule has 0 aliphatic carbocycles. The quantitative estimate of drug-likeness (QED) is 0.630. The third kappa shape index (κ3) is 1.89.